The summed E-state index contributed by atoms with van der Waals surface area (Å²) in [7, 11) is 1.61. The van der Waals surface area contributed by atoms with E-state index in [0.29, 0.717) is 5.58 Å². The number of benzene rings is 1. The minimum atomic E-state index is -0.173. The largest absolute Gasteiger partial charge is 0.497 e. The van der Waals surface area contributed by atoms with Gasteiger partial charge in [0.2, 0.25) is 0 Å². The maximum Gasteiger partial charge on any atom is 0.339 e. The van der Waals surface area contributed by atoms with Crippen molar-refractivity contribution in [2.45, 2.75) is 32.1 Å². The number of rotatable bonds is 1. The van der Waals surface area contributed by atoms with E-state index < -0.39 is 0 Å². The highest BCUT2D eigenvalue weighted by Crippen LogP contribution is 2.28. The molecule has 0 saturated carbocycles. The van der Waals surface area contributed by atoms with E-state index in [1.54, 1.807) is 13.2 Å². The Morgan fingerprint density at radius 2 is 1.89 bits per heavy atom. The summed E-state index contributed by atoms with van der Waals surface area (Å²) in [5.74, 6) is 0.722. The Hall–Kier alpha value is -1.77. The highest BCUT2D eigenvalue weighted by atomic mass is 16.5. The van der Waals surface area contributed by atoms with E-state index >= 15 is 0 Å². The van der Waals surface area contributed by atoms with Crippen LogP contribution in [0.3, 0.4) is 0 Å². The van der Waals surface area contributed by atoms with Crippen LogP contribution in [-0.2, 0) is 12.8 Å². The molecule has 0 fully saturated rings. The molecule has 0 amide bonds. The van der Waals surface area contributed by atoms with Gasteiger partial charge in [-0.2, -0.15) is 0 Å². The molecule has 0 spiro atoms. The Morgan fingerprint density at radius 1 is 1.11 bits per heavy atom. The normalized spacial score (nSPS) is 15.2. The number of hydrogen-bond acceptors (Lipinski definition) is 3. The smallest absolute Gasteiger partial charge is 0.339 e. The molecule has 3 rings (SSSR count). The van der Waals surface area contributed by atoms with Gasteiger partial charge in [0, 0.05) is 17.0 Å². The molecule has 3 nitrogen and oxygen atoms in total. The summed E-state index contributed by atoms with van der Waals surface area (Å²) in [4.78, 5) is 12.0. The predicted octanol–water partition coefficient (Wildman–Crippen LogP) is 3.07. The number of methoxy groups -OCH3 is 1. The summed E-state index contributed by atoms with van der Waals surface area (Å²) in [6.07, 6.45) is 5.24. The van der Waals surface area contributed by atoms with Crippen LogP contribution in [0.25, 0.3) is 11.0 Å². The van der Waals surface area contributed by atoms with Crippen LogP contribution in [0.15, 0.2) is 27.4 Å². The molecule has 0 bridgehead atoms. The van der Waals surface area contributed by atoms with E-state index in [1.165, 1.54) is 12.0 Å². The Morgan fingerprint density at radius 3 is 2.67 bits per heavy atom. The molecular weight excluding hydrogens is 228 g/mol. The lowest BCUT2D eigenvalue weighted by Gasteiger charge is -2.09. The van der Waals surface area contributed by atoms with Gasteiger partial charge in [-0.05, 0) is 43.4 Å². The number of ether oxygens (including phenoxy) is 1. The second-order valence-corrected chi connectivity index (χ2v) is 4.77. The van der Waals surface area contributed by atoms with Crippen molar-refractivity contribution in [2.24, 2.45) is 0 Å². The molecule has 1 aromatic heterocycles. The van der Waals surface area contributed by atoms with Gasteiger partial charge in [0.15, 0.2) is 0 Å². The van der Waals surface area contributed by atoms with Gasteiger partial charge in [0.25, 0.3) is 0 Å². The van der Waals surface area contributed by atoms with Gasteiger partial charge < -0.3 is 9.15 Å². The topological polar surface area (TPSA) is 39.4 Å². The van der Waals surface area contributed by atoms with Crippen molar-refractivity contribution in [2.75, 3.05) is 7.11 Å². The van der Waals surface area contributed by atoms with Crippen LogP contribution in [0.5, 0.6) is 5.75 Å². The molecule has 0 atom stereocenters. The molecule has 0 unspecified atom stereocenters. The van der Waals surface area contributed by atoms with Gasteiger partial charge in [-0.3, -0.25) is 0 Å². The SMILES string of the molecule is COc1ccc2c3c(c(=O)oc2c1)CCCCC3. The molecule has 0 N–H and O–H groups in total. The molecule has 1 heterocycles. The summed E-state index contributed by atoms with van der Waals surface area (Å²) >= 11 is 0. The van der Waals surface area contributed by atoms with E-state index in [4.69, 9.17) is 9.15 Å². The minimum absolute atomic E-state index is 0.173. The molecule has 0 saturated heterocycles. The van der Waals surface area contributed by atoms with Gasteiger partial charge in [0.05, 0.1) is 7.11 Å². The van der Waals surface area contributed by atoms with Crippen LogP contribution >= 0.6 is 0 Å². The van der Waals surface area contributed by atoms with E-state index in [2.05, 4.69) is 0 Å². The van der Waals surface area contributed by atoms with E-state index in [1.807, 2.05) is 12.1 Å². The summed E-state index contributed by atoms with van der Waals surface area (Å²) in [5, 5.41) is 1.06. The van der Waals surface area contributed by atoms with Crippen LogP contribution in [0, 0.1) is 0 Å². The van der Waals surface area contributed by atoms with Gasteiger partial charge in [-0.15, -0.1) is 0 Å². The first-order chi connectivity index (χ1) is 8.79. The summed E-state index contributed by atoms with van der Waals surface area (Å²) in [6, 6.07) is 5.72. The van der Waals surface area contributed by atoms with Crippen molar-refractivity contribution in [1.82, 2.24) is 0 Å². The van der Waals surface area contributed by atoms with Crippen molar-refractivity contribution < 1.29 is 9.15 Å². The maximum atomic E-state index is 12.0. The second-order valence-electron chi connectivity index (χ2n) is 4.77. The third kappa shape index (κ3) is 1.80. The second kappa shape index (κ2) is 4.48. The third-order valence-electron chi connectivity index (χ3n) is 3.68. The van der Waals surface area contributed by atoms with Crippen LogP contribution in [0.4, 0.5) is 0 Å². The minimum Gasteiger partial charge on any atom is -0.497 e. The molecule has 2 aromatic rings. The van der Waals surface area contributed by atoms with Crippen molar-refractivity contribution in [3.8, 4) is 5.75 Å². The van der Waals surface area contributed by atoms with Crippen LogP contribution in [-0.4, -0.2) is 7.11 Å². The van der Waals surface area contributed by atoms with Gasteiger partial charge >= 0.3 is 5.63 Å². The summed E-state index contributed by atoms with van der Waals surface area (Å²) in [6.45, 7) is 0. The van der Waals surface area contributed by atoms with Crippen LogP contribution in [0.1, 0.15) is 30.4 Å². The average molecular weight is 244 g/mol. The molecular formula is C15H16O3. The fourth-order valence-electron chi connectivity index (χ4n) is 2.73. The number of aryl methyl sites for hydroxylation is 1. The van der Waals surface area contributed by atoms with Crippen LogP contribution in [0.2, 0.25) is 0 Å². The molecule has 1 aliphatic carbocycles. The lowest BCUT2D eigenvalue weighted by atomic mass is 10.0. The zero-order valence-corrected chi connectivity index (χ0v) is 10.5. The van der Waals surface area contributed by atoms with E-state index in [0.717, 1.165) is 42.4 Å². The van der Waals surface area contributed by atoms with Gasteiger partial charge in [-0.1, -0.05) is 6.42 Å². The molecule has 3 heteroatoms. The van der Waals surface area contributed by atoms with Crippen LogP contribution < -0.4 is 10.4 Å². The summed E-state index contributed by atoms with van der Waals surface area (Å²) in [5.41, 5.74) is 2.53. The van der Waals surface area contributed by atoms with E-state index in [-0.39, 0.29) is 5.63 Å². The first-order valence-electron chi connectivity index (χ1n) is 6.42. The Labute approximate surface area is 105 Å². The lowest BCUT2D eigenvalue weighted by molar-refractivity contribution is 0.414. The Bertz CT molecular complexity index is 640. The third-order valence-corrected chi connectivity index (χ3v) is 3.68. The first kappa shape index (κ1) is 11.3. The van der Waals surface area contributed by atoms with Crippen molar-refractivity contribution in [3.05, 3.63) is 39.7 Å². The molecule has 0 aliphatic heterocycles. The zero-order valence-electron chi connectivity index (χ0n) is 10.5. The maximum absolute atomic E-state index is 12.0. The molecule has 18 heavy (non-hydrogen) atoms. The molecule has 1 aliphatic rings. The average Bonchev–Trinajstić information content (AvgIpc) is 2.64. The molecule has 1 aromatic carbocycles. The van der Waals surface area contributed by atoms with E-state index in [9.17, 15) is 4.79 Å². The van der Waals surface area contributed by atoms with Gasteiger partial charge in [-0.25, -0.2) is 4.79 Å². The first-order valence-corrected chi connectivity index (χ1v) is 6.42. The molecule has 94 valence electrons. The quantitative estimate of drug-likeness (QED) is 0.571. The Kier molecular flexibility index (Phi) is 2.82. The van der Waals surface area contributed by atoms with Crippen molar-refractivity contribution >= 4 is 11.0 Å². The van der Waals surface area contributed by atoms with Gasteiger partial charge in [0.1, 0.15) is 11.3 Å². The number of fused-ring (bicyclic) bond motifs is 3. The number of hydrogen-bond donors (Lipinski definition) is 0. The molecule has 0 radical (unpaired) electrons. The fraction of sp³-hybridized carbons (Fsp3) is 0.400. The van der Waals surface area contributed by atoms with Crippen molar-refractivity contribution in [1.29, 1.82) is 0 Å². The monoisotopic (exact) mass is 244 g/mol. The van der Waals surface area contributed by atoms with Crippen molar-refractivity contribution in [3.63, 3.8) is 0 Å². The zero-order chi connectivity index (χ0) is 12.5. The fourth-order valence-corrected chi connectivity index (χ4v) is 2.73. The summed E-state index contributed by atoms with van der Waals surface area (Å²) < 4.78 is 10.6. The predicted molar refractivity (Wildman–Crippen MR) is 70.3 cm³/mol. The highest BCUT2D eigenvalue weighted by molar-refractivity contribution is 5.82. The standard InChI is InChI=1S/C15H16O3/c1-17-10-7-8-12-11-5-3-2-4-6-13(11)15(16)18-14(12)9-10/h7-9H,2-6H2,1H3. The highest BCUT2D eigenvalue weighted by Gasteiger charge is 2.16. The Balaban J connectivity index is 2.30. The lowest BCUT2D eigenvalue weighted by Crippen LogP contribution is -2.10.